The lowest BCUT2D eigenvalue weighted by molar-refractivity contribution is -0.143. The maximum atomic E-state index is 12.6. The number of fused-ring (bicyclic) bond motifs is 1. The van der Waals surface area contributed by atoms with Crippen LogP contribution in [0.5, 0.6) is 0 Å². The van der Waals surface area contributed by atoms with E-state index in [1.807, 2.05) is 18.4 Å². The van der Waals surface area contributed by atoms with Crippen LogP contribution in [0.1, 0.15) is 16.1 Å². The number of hydrogen-bond acceptors (Lipinski definition) is 6. The van der Waals surface area contributed by atoms with Crippen molar-refractivity contribution < 1.29 is 14.4 Å². The quantitative estimate of drug-likeness (QED) is 0.504. The Morgan fingerprint density at radius 1 is 1.00 bits per heavy atom. The minimum Gasteiger partial charge on any atom is -0.269 e. The van der Waals surface area contributed by atoms with E-state index < -0.39 is 17.8 Å². The normalized spacial score (nSPS) is 14.6. The smallest absolute Gasteiger partial charge is 0.269 e. The first-order chi connectivity index (χ1) is 13.0. The van der Waals surface area contributed by atoms with Crippen molar-refractivity contribution in [3.63, 3.8) is 0 Å². The summed E-state index contributed by atoms with van der Waals surface area (Å²) < 4.78 is 1.39. The molecule has 3 aromatic heterocycles. The lowest BCUT2D eigenvalue weighted by Gasteiger charge is -2.15. The molecule has 1 aliphatic heterocycles. The molecule has 27 heavy (non-hydrogen) atoms. The topological polar surface area (TPSA) is 92.1 Å². The standard InChI is InChI=1S/C18H14N4O4S/c1-11-4-2-6-20-14(23)8-12(19-15(11)20)9-21-16(24)17(25)22(18(21)26)10-13-5-3-7-27-13/h2-8H,9-10H2,1H3. The lowest BCUT2D eigenvalue weighted by Crippen LogP contribution is -2.33. The summed E-state index contributed by atoms with van der Waals surface area (Å²) in [6.07, 6.45) is 1.60. The molecule has 1 aliphatic rings. The van der Waals surface area contributed by atoms with E-state index in [1.54, 1.807) is 24.4 Å². The van der Waals surface area contributed by atoms with Crippen LogP contribution in [0.15, 0.2) is 46.7 Å². The van der Waals surface area contributed by atoms with Crippen molar-refractivity contribution in [1.82, 2.24) is 19.2 Å². The first-order valence-electron chi connectivity index (χ1n) is 8.13. The van der Waals surface area contributed by atoms with Crippen LogP contribution in [-0.4, -0.2) is 37.0 Å². The summed E-state index contributed by atoms with van der Waals surface area (Å²) in [5.41, 5.74) is 1.16. The molecule has 0 unspecified atom stereocenters. The summed E-state index contributed by atoms with van der Waals surface area (Å²) in [4.78, 5) is 56.3. The van der Waals surface area contributed by atoms with Gasteiger partial charge in [-0.25, -0.2) is 14.7 Å². The number of aromatic nitrogens is 2. The number of imide groups is 2. The van der Waals surface area contributed by atoms with Crippen LogP contribution in [0, 0.1) is 6.92 Å². The molecule has 0 N–H and O–H groups in total. The van der Waals surface area contributed by atoms with E-state index in [-0.39, 0.29) is 24.3 Å². The Kier molecular flexibility index (Phi) is 4.08. The van der Waals surface area contributed by atoms with Crippen LogP contribution >= 0.6 is 11.3 Å². The number of nitrogens with zero attached hydrogens (tertiary/aromatic N) is 4. The molecule has 0 spiro atoms. The third-order valence-corrected chi connectivity index (χ3v) is 5.15. The van der Waals surface area contributed by atoms with Crippen LogP contribution in [-0.2, 0) is 22.7 Å². The zero-order chi connectivity index (χ0) is 19.1. The van der Waals surface area contributed by atoms with Gasteiger partial charge in [-0.15, -0.1) is 11.3 Å². The second-order valence-corrected chi connectivity index (χ2v) is 7.15. The van der Waals surface area contributed by atoms with Crippen molar-refractivity contribution in [1.29, 1.82) is 0 Å². The fourth-order valence-electron chi connectivity index (χ4n) is 2.94. The van der Waals surface area contributed by atoms with Gasteiger partial charge in [-0.3, -0.25) is 23.7 Å². The number of pyridine rings is 1. The van der Waals surface area contributed by atoms with Crippen molar-refractivity contribution in [3.05, 3.63) is 68.4 Å². The second kappa shape index (κ2) is 6.44. The molecule has 0 bridgehead atoms. The summed E-state index contributed by atoms with van der Waals surface area (Å²) in [6.45, 7) is 1.62. The minimum atomic E-state index is -0.914. The van der Waals surface area contributed by atoms with Crippen LogP contribution in [0.2, 0.25) is 0 Å². The number of hydrogen-bond donors (Lipinski definition) is 0. The maximum Gasteiger partial charge on any atom is 0.334 e. The highest BCUT2D eigenvalue weighted by Gasteiger charge is 2.44. The number of carbonyl (C=O) groups is 3. The number of thiophene rings is 1. The predicted molar refractivity (Wildman–Crippen MR) is 97.0 cm³/mol. The highest BCUT2D eigenvalue weighted by atomic mass is 32.1. The SMILES string of the molecule is Cc1cccn2c(=O)cc(CN3C(=O)C(=O)N(Cc4cccs4)C3=O)nc12. The largest absolute Gasteiger partial charge is 0.334 e. The third kappa shape index (κ3) is 2.91. The second-order valence-electron chi connectivity index (χ2n) is 6.12. The molecule has 4 amide bonds. The zero-order valence-electron chi connectivity index (χ0n) is 14.3. The number of amides is 4. The van der Waals surface area contributed by atoms with Gasteiger partial charge < -0.3 is 0 Å². The first-order valence-corrected chi connectivity index (χ1v) is 9.01. The van der Waals surface area contributed by atoms with E-state index >= 15 is 0 Å². The molecule has 0 atom stereocenters. The Balaban J connectivity index is 1.64. The fraction of sp³-hybridized carbons (Fsp3) is 0.167. The Morgan fingerprint density at radius 3 is 2.44 bits per heavy atom. The molecule has 1 fully saturated rings. The van der Waals surface area contributed by atoms with Crippen LogP contribution in [0.3, 0.4) is 0 Å². The minimum absolute atomic E-state index is 0.0461. The van der Waals surface area contributed by atoms with Gasteiger partial charge in [0.05, 0.1) is 18.8 Å². The molecule has 0 aromatic carbocycles. The van der Waals surface area contributed by atoms with Gasteiger partial charge in [0.25, 0.3) is 5.56 Å². The first kappa shape index (κ1) is 17.1. The van der Waals surface area contributed by atoms with E-state index in [0.717, 1.165) is 20.2 Å². The Labute approximate surface area is 157 Å². The van der Waals surface area contributed by atoms with Gasteiger partial charge in [-0.2, -0.15) is 0 Å². The Morgan fingerprint density at radius 2 is 1.74 bits per heavy atom. The third-order valence-electron chi connectivity index (χ3n) is 4.29. The maximum absolute atomic E-state index is 12.6. The molecule has 0 saturated carbocycles. The number of rotatable bonds is 4. The predicted octanol–water partition coefficient (Wildman–Crippen LogP) is 1.56. The summed E-state index contributed by atoms with van der Waals surface area (Å²) in [7, 11) is 0. The van der Waals surface area contributed by atoms with E-state index in [4.69, 9.17) is 0 Å². The summed E-state index contributed by atoms with van der Waals surface area (Å²) >= 11 is 1.39. The number of aryl methyl sites for hydroxylation is 1. The molecule has 3 aromatic rings. The molecule has 0 aliphatic carbocycles. The molecule has 8 nitrogen and oxygen atoms in total. The number of urea groups is 1. The lowest BCUT2D eigenvalue weighted by atomic mass is 10.3. The van der Waals surface area contributed by atoms with Crippen molar-refractivity contribution in [2.45, 2.75) is 20.0 Å². The summed E-state index contributed by atoms with van der Waals surface area (Å²) in [6, 6.07) is 7.69. The van der Waals surface area contributed by atoms with Crippen LogP contribution in [0.4, 0.5) is 4.79 Å². The van der Waals surface area contributed by atoms with Crippen molar-refractivity contribution >= 4 is 34.8 Å². The monoisotopic (exact) mass is 382 g/mol. The van der Waals surface area contributed by atoms with Crippen molar-refractivity contribution in [2.24, 2.45) is 0 Å². The fourth-order valence-corrected chi connectivity index (χ4v) is 3.63. The molecular formula is C18H14N4O4S. The Hall–Kier alpha value is -3.33. The molecular weight excluding hydrogens is 368 g/mol. The molecule has 9 heteroatoms. The van der Waals surface area contributed by atoms with E-state index in [2.05, 4.69) is 4.98 Å². The molecule has 136 valence electrons. The van der Waals surface area contributed by atoms with Gasteiger partial charge in [0, 0.05) is 17.1 Å². The van der Waals surface area contributed by atoms with Gasteiger partial charge in [0.2, 0.25) is 0 Å². The summed E-state index contributed by atoms with van der Waals surface area (Å²) in [5.74, 6) is -1.79. The summed E-state index contributed by atoms with van der Waals surface area (Å²) in [5, 5.41) is 1.83. The van der Waals surface area contributed by atoms with E-state index in [9.17, 15) is 19.2 Å². The van der Waals surface area contributed by atoms with Crippen LogP contribution in [0.25, 0.3) is 5.65 Å². The molecule has 1 saturated heterocycles. The molecule has 4 rings (SSSR count). The van der Waals surface area contributed by atoms with Crippen LogP contribution < -0.4 is 5.56 Å². The van der Waals surface area contributed by atoms with Gasteiger partial charge in [0.1, 0.15) is 5.65 Å². The van der Waals surface area contributed by atoms with Gasteiger partial charge in [0.15, 0.2) is 0 Å². The van der Waals surface area contributed by atoms with Gasteiger partial charge in [-0.1, -0.05) is 12.1 Å². The molecule has 0 radical (unpaired) electrons. The van der Waals surface area contributed by atoms with Gasteiger partial charge >= 0.3 is 17.8 Å². The highest BCUT2D eigenvalue weighted by molar-refractivity contribution is 7.09. The zero-order valence-corrected chi connectivity index (χ0v) is 15.1. The average Bonchev–Trinajstić information content (AvgIpc) is 3.22. The van der Waals surface area contributed by atoms with E-state index in [1.165, 1.54) is 21.8 Å². The van der Waals surface area contributed by atoms with Gasteiger partial charge in [-0.05, 0) is 30.0 Å². The van der Waals surface area contributed by atoms with E-state index in [0.29, 0.717) is 5.65 Å². The highest BCUT2D eigenvalue weighted by Crippen LogP contribution is 2.20. The van der Waals surface area contributed by atoms with Crippen molar-refractivity contribution in [3.8, 4) is 0 Å². The number of carbonyl (C=O) groups excluding carboxylic acids is 3. The molecule has 4 heterocycles. The average molecular weight is 382 g/mol. The van der Waals surface area contributed by atoms with Crippen molar-refractivity contribution in [2.75, 3.05) is 0 Å². The Bertz CT molecular complexity index is 1140.